The summed E-state index contributed by atoms with van der Waals surface area (Å²) in [4.78, 5) is 3.99. The topological polar surface area (TPSA) is 48.1 Å². The van der Waals surface area contributed by atoms with Gasteiger partial charge in [0.2, 0.25) is 5.82 Å². The first kappa shape index (κ1) is 11.3. The Morgan fingerprint density at radius 3 is 2.71 bits per heavy atom. The van der Waals surface area contributed by atoms with Gasteiger partial charge >= 0.3 is 0 Å². The van der Waals surface area contributed by atoms with E-state index in [1.807, 2.05) is 0 Å². The summed E-state index contributed by atoms with van der Waals surface area (Å²) in [7, 11) is 0. The van der Waals surface area contributed by atoms with Gasteiger partial charge in [0.25, 0.3) is 0 Å². The Labute approximate surface area is 96.9 Å². The van der Waals surface area contributed by atoms with Crippen molar-refractivity contribution in [3.05, 3.63) is 53.9 Å². The zero-order valence-electron chi connectivity index (χ0n) is 8.86. The molecule has 0 aliphatic heterocycles. The SMILES string of the molecule is Nc1ccc(F)c(F)c1OCc1ccccn1. The molecule has 0 aliphatic carbocycles. The van der Waals surface area contributed by atoms with Crippen LogP contribution >= 0.6 is 0 Å². The summed E-state index contributed by atoms with van der Waals surface area (Å²) in [6.45, 7) is 0.0331. The van der Waals surface area contributed by atoms with Crippen LogP contribution in [0.5, 0.6) is 5.75 Å². The molecule has 0 aliphatic rings. The largest absolute Gasteiger partial charge is 0.482 e. The van der Waals surface area contributed by atoms with Crippen molar-refractivity contribution in [3.8, 4) is 5.75 Å². The number of ether oxygens (including phenoxy) is 1. The molecular formula is C12H10F2N2O. The Hall–Kier alpha value is -2.17. The number of rotatable bonds is 3. The molecule has 2 N–H and O–H groups in total. The lowest BCUT2D eigenvalue weighted by molar-refractivity contribution is 0.282. The third-order valence-electron chi connectivity index (χ3n) is 2.17. The smallest absolute Gasteiger partial charge is 0.202 e. The fourth-order valence-electron chi connectivity index (χ4n) is 1.32. The van der Waals surface area contributed by atoms with Crippen molar-refractivity contribution in [2.24, 2.45) is 0 Å². The van der Waals surface area contributed by atoms with E-state index in [1.54, 1.807) is 24.4 Å². The summed E-state index contributed by atoms with van der Waals surface area (Å²) in [6.07, 6.45) is 1.59. The second-order valence-corrected chi connectivity index (χ2v) is 3.39. The van der Waals surface area contributed by atoms with Crippen molar-refractivity contribution < 1.29 is 13.5 Å². The van der Waals surface area contributed by atoms with Crippen molar-refractivity contribution in [3.63, 3.8) is 0 Å². The summed E-state index contributed by atoms with van der Waals surface area (Å²) in [6, 6.07) is 7.45. The summed E-state index contributed by atoms with van der Waals surface area (Å²) >= 11 is 0. The van der Waals surface area contributed by atoms with E-state index in [4.69, 9.17) is 10.5 Å². The number of hydrogen-bond donors (Lipinski definition) is 1. The van der Waals surface area contributed by atoms with E-state index in [2.05, 4.69) is 4.98 Å². The zero-order valence-corrected chi connectivity index (χ0v) is 8.86. The van der Waals surface area contributed by atoms with Gasteiger partial charge in [-0.1, -0.05) is 6.07 Å². The number of benzene rings is 1. The quantitative estimate of drug-likeness (QED) is 0.833. The lowest BCUT2D eigenvalue weighted by Crippen LogP contribution is -2.03. The molecule has 0 bridgehead atoms. The van der Waals surface area contributed by atoms with Gasteiger partial charge in [0.05, 0.1) is 11.4 Å². The van der Waals surface area contributed by atoms with Crippen molar-refractivity contribution in [1.82, 2.24) is 4.98 Å². The molecule has 88 valence electrons. The Morgan fingerprint density at radius 2 is 2.00 bits per heavy atom. The molecule has 1 aromatic carbocycles. The first-order chi connectivity index (χ1) is 8.18. The normalized spacial score (nSPS) is 10.2. The zero-order chi connectivity index (χ0) is 12.3. The highest BCUT2D eigenvalue weighted by atomic mass is 19.2. The number of nitrogens with two attached hydrogens (primary N) is 1. The van der Waals surface area contributed by atoms with Gasteiger partial charge in [-0.3, -0.25) is 4.98 Å². The fraction of sp³-hybridized carbons (Fsp3) is 0.0833. The molecule has 0 atom stereocenters. The first-order valence-corrected chi connectivity index (χ1v) is 4.94. The second kappa shape index (κ2) is 4.78. The third-order valence-corrected chi connectivity index (χ3v) is 2.17. The molecule has 17 heavy (non-hydrogen) atoms. The number of pyridine rings is 1. The lowest BCUT2D eigenvalue weighted by Gasteiger charge is -2.09. The minimum Gasteiger partial charge on any atom is -0.482 e. The van der Waals surface area contributed by atoms with E-state index >= 15 is 0 Å². The maximum atomic E-state index is 13.4. The van der Waals surface area contributed by atoms with Crippen molar-refractivity contribution in [2.45, 2.75) is 6.61 Å². The van der Waals surface area contributed by atoms with E-state index in [-0.39, 0.29) is 18.0 Å². The molecule has 2 rings (SSSR count). The summed E-state index contributed by atoms with van der Waals surface area (Å²) in [5.74, 6) is -2.35. The Bertz CT molecular complexity index is 517. The summed E-state index contributed by atoms with van der Waals surface area (Å²) in [5.41, 5.74) is 6.16. The first-order valence-electron chi connectivity index (χ1n) is 4.94. The minimum absolute atomic E-state index is 0.0331. The van der Waals surface area contributed by atoms with Gasteiger partial charge in [-0.25, -0.2) is 4.39 Å². The van der Waals surface area contributed by atoms with Crippen LogP contribution in [-0.2, 0) is 6.61 Å². The van der Waals surface area contributed by atoms with Crippen molar-refractivity contribution in [2.75, 3.05) is 5.73 Å². The maximum absolute atomic E-state index is 13.4. The molecule has 0 radical (unpaired) electrons. The fourth-order valence-corrected chi connectivity index (χ4v) is 1.32. The highest BCUT2D eigenvalue weighted by molar-refractivity contribution is 5.53. The van der Waals surface area contributed by atoms with Gasteiger partial charge in [0, 0.05) is 6.20 Å². The Balaban J connectivity index is 2.17. The van der Waals surface area contributed by atoms with Crippen LogP contribution in [0.3, 0.4) is 0 Å². The molecule has 3 nitrogen and oxygen atoms in total. The molecule has 1 aromatic heterocycles. The van der Waals surface area contributed by atoms with Gasteiger partial charge in [0.15, 0.2) is 11.6 Å². The molecule has 5 heteroatoms. The predicted octanol–water partition coefficient (Wildman–Crippen LogP) is 2.52. The van der Waals surface area contributed by atoms with E-state index in [9.17, 15) is 8.78 Å². The van der Waals surface area contributed by atoms with Crippen LogP contribution in [0.15, 0.2) is 36.5 Å². The molecule has 2 aromatic rings. The van der Waals surface area contributed by atoms with Crippen LogP contribution in [0, 0.1) is 11.6 Å². The summed E-state index contributed by atoms with van der Waals surface area (Å²) < 4.78 is 31.5. The lowest BCUT2D eigenvalue weighted by atomic mass is 10.2. The number of hydrogen-bond acceptors (Lipinski definition) is 3. The Morgan fingerprint density at radius 1 is 1.18 bits per heavy atom. The van der Waals surface area contributed by atoms with Crippen molar-refractivity contribution >= 4 is 5.69 Å². The molecule has 0 saturated carbocycles. The van der Waals surface area contributed by atoms with Crippen LogP contribution in [0.2, 0.25) is 0 Å². The molecule has 0 amide bonds. The average Bonchev–Trinajstić information content (AvgIpc) is 2.35. The van der Waals surface area contributed by atoms with E-state index in [0.717, 1.165) is 6.07 Å². The molecule has 0 spiro atoms. The van der Waals surface area contributed by atoms with Gasteiger partial charge in [0.1, 0.15) is 6.61 Å². The molecular weight excluding hydrogens is 226 g/mol. The van der Waals surface area contributed by atoms with Crippen LogP contribution in [0.1, 0.15) is 5.69 Å². The van der Waals surface area contributed by atoms with E-state index in [1.165, 1.54) is 6.07 Å². The maximum Gasteiger partial charge on any atom is 0.202 e. The number of anilines is 1. The molecule has 0 saturated heterocycles. The van der Waals surface area contributed by atoms with Crippen molar-refractivity contribution in [1.29, 1.82) is 0 Å². The number of nitrogens with zero attached hydrogens (tertiary/aromatic N) is 1. The number of nitrogen functional groups attached to an aromatic ring is 1. The molecule has 1 heterocycles. The van der Waals surface area contributed by atoms with Gasteiger partial charge in [-0.2, -0.15) is 4.39 Å². The van der Waals surface area contributed by atoms with Gasteiger partial charge in [-0.05, 0) is 24.3 Å². The molecule has 0 fully saturated rings. The highest BCUT2D eigenvalue weighted by Crippen LogP contribution is 2.27. The number of aromatic nitrogens is 1. The Kier molecular flexibility index (Phi) is 3.18. The molecule has 0 unspecified atom stereocenters. The van der Waals surface area contributed by atoms with Crippen LogP contribution in [0.4, 0.5) is 14.5 Å². The standard InChI is InChI=1S/C12H10F2N2O/c13-9-4-5-10(15)12(11(9)14)17-7-8-3-1-2-6-16-8/h1-6H,7,15H2. The number of halogens is 2. The minimum atomic E-state index is -1.08. The van der Waals surface area contributed by atoms with Crippen LogP contribution in [-0.4, -0.2) is 4.98 Å². The monoisotopic (exact) mass is 236 g/mol. The summed E-state index contributed by atoms with van der Waals surface area (Å²) in [5, 5.41) is 0. The second-order valence-electron chi connectivity index (χ2n) is 3.39. The van der Waals surface area contributed by atoms with E-state index < -0.39 is 11.6 Å². The highest BCUT2D eigenvalue weighted by Gasteiger charge is 2.13. The predicted molar refractivity (Wildman–Crippen MR) is 59.3 cm³/mol. The van der Waals surface area contributed by atoms with Gasteiger partial charge in [-0.15, -0.1) is 0 Å². The van der Waals surface area contributed by atoms with E-state index in [0.29, 0.717) is 5.69 Å². The van der Waals surface area contributed by atoms with Gasteiger partial charge < -0.3 is 10.5 Å². The van der Waals surface area contributed by atoms with Crippen LogP contribution < -0.4 is 10.5 Å². The average molecular weight is 236 g/mol. The van der Waals surface area contributed by atoms with Crippen LogP contribution in [0.25, 0.3) is 0 Å². The third kappa shape index (κ3) is 2.50.